The second kappa shape index (κ2) is 7.42. The Morgan fingerprint density at radius 1 is 1.30 bits per heavy atom. The third kappa shape index (κ3) is 5.21. The van der Waals surface area contributed by atoms with E-state index in [1.54, 1.807) is 6.92 Å². The van der Waals surface area contributed by atoms with E-state index in [0.717, 1.165) is 0 Å². The Labute approximate surface area is 114 Å². The highest BCUT2D eigenvalue weighted by atomic mass is 19.3. The van der Waals surface area contributed by atoms with Crippen molar-refractivity contribution in [1.29, 1.82) is 0 Å². The van der Waals surface area contributed by atoms with Crippen molar-refractivity contribution in [2.24, 2.45) is 0 Å². The van der Waals surface area contributed by atoms with Crippen molar-refractivity contribution in [3.63, 3.8) is 0 Å². The van der Waals surface area contributed by atoms with E-state index in [1.165, 1.54) is 24.3 Å². The van der Waals surface area contributed by atoms with Crippen molar-refractivity contribution in [1.82, 2.24) is 5.32 Å². The van der Waals surface area contributed by atoms with E-state index >= 15 is 0 Å². The number of amides is 1. The molecule has 0 radical (unpaired) electrons. The fourth-order valence-corrected chi connectivity index (χ4v) is 1.56. The number of alkyl halides is 2. The van der Waals surface area contributed by atoms with Crippen molar-refractivity contribution in [2.45, 2.75) is 32.4 Å². The lowest BCUT2D eigenvalue weighted by atomic mass is 10.1. The second-order valence-corrected chi connectivity index (χ2v) is 4.07. The van der Waals surface area contributed by atoms with Crippen LogP contribution in [-0.4, -0.2) is 29.6 Å². The van der Waals surface area contributed by atoms with Gasteiger partial charge >= 0.3 is 12.6 Å². The number of nitrogens with one attached hydrogen (secondary N) is 1. The van der Waals surface area contributed by atoms with E-state index in [4.69, 9.17) is 5.11 Å². The molecule has 0 aromatic heterocycles. The third-order valence-corrected chi connectivity index (χ3v) is 2.55. The van der Waals surface area contributed by atoms with E-state index < -0.39 is 24.5 Å². The summed E-state index contributed by atoms with van der Waals surface area (Å²) >= 11 is 0. The quantitative estimate of drug-likeness (QED) is 0.802. The molecule has 0 aliphatic heterocycles. The SMILES string of the molecule is CC[C@@H](NC(=O)Cc1ccc(OC(F)F)cc1)C(=O)O. The van der Waals surface area contributed by atoms with Gasteiger partial charge in [0.2, 0.25) is 5.91 Å². The largest absolute Gasteiger partial charge is 0.480 e. The molecule has 0 bridgehead atoms. The van der Waals surface area contributed by atoms with Crippen LogP contribution in [0.1, 0.15) is 18.9 Å². The number of carboxylic acid groups (broad SMARTS) is 1. The van der Waals surface area contributed by atoms with Gasteiger partial charge in [-0.2, -0.15) is 8.78 Å². The average molecular weight is 287 g/mol. The number of carbonyl (C=O) groups is 2. The van der Waals surface area contributed by atoms with Crippen molar-refractivity contribution >= 4 is 11.9 Å². The van der Waals surface area contributed by atoms with E-state index in [0.29, 0.717) is 5.56 Å². The zero-order valence-corrected chi connectivity index (χ0v) is 10.8. The minimum absolute atomic E-state index is 0.00105. The molecule has 0 saturated heterocycles. The molecule has 1 atom stereocenters. The Bertz CT molecular complexity index is 462. The Balaban J connectivity index is 2.55. The van der Waals surface area contributed by atoms with Crippen LogP contribution in [0.3, 0.4) is 0 Å². The number of rotatable bonds is 7. The van der Waals surface area contributed by atoms with Gasteiger partial charge in [0.15, 0.2) is 0 Å². The number of carbonyl (C=O) groups excluding carboxylic acids is 1. The summed E-state index contributed by atoms with van der Waals surface area (Å²) in [6.07, 6.45) is 0.251. The second-order valence-electron chi connectivity index (χ2n) is 4.07. The smallest absolute Gasteiger partial charge is 0.387 e. The van der Waals surface area contributed by atoms with Crippen LogP contribution in [0.15, 0.2) is 24.3 Å². The van der Waals surface area contributed by atoms with E-state index in [2.05, 4.69) is 10.1 Å². The van der Waals surface area contributed by atoms with Gasteiger partial charge in [0, 0.05) is 0 Å². The zero-order valence-electron chi connectivity index (χ0n) is 10.8. The molecule has 0 aliphatic carbocycles. The number of ether oxygens (including phenoxy) is 1. The van der Waals surface area contributed by atoms with Crippen molar-refractivity contribution in [2.75, 3.05) is 0 Å². The first kappa shape index (κ1) is 15.9. The topological polar surface area (TPSA) is 75.6 Å². The van der Waals surface area contributed by atoms with Crippen molar-refractivity contribution in [3.05, 3.63) is 29.8 Å². The first-order chi connectivity index (χ1) is 9.42. The molecule has 0 heterocycles. The highest BCUT2D eigenvalue weighted by Crippen LogP contribution is 2.15. The predicted molar refractivity (Wildman–Crippen MR) is 66.6 cm³/mol. The monoisotopic (exact) mass is 287 g/mol. The first-order valence-corrected chi connectivity index (χ1v) is 5.98. The molecule has 2 N–H and O–H groups in total. The summed E-state index contributed by atoms with van der Waals surface area (Å²) in [5.74, 6) is -1.54. The fraction of sp³-hybridized carbons (Fsp3) is 0.385. The molecule has 0 aliphatic rings. The molecular formula is C13H15F2NO4. The van der Waals surface area contributed by atoms with Gasteiger partial charge < -0.3 is 15.2 Å². The summed E-state index contributed by atoms with van der Waals surface area (Å²) in [6.45, 7) is -1.25. The Kier molecular flexibility index (Phi) is 5.89. The summed E-state index contributed by atoms with van der Waals surface area (Å²) in [7, 11) is 0. The van der Waals surface area contributed by atoms with E-state index in [-0.39, 0.29) is 18.6 Å². The van der Waals surface area contributed by atoms with Crippen LogP contribution in [0.25, 0.3) is 0 Å². The number of hydrogen-bond donors (Lipinski definition) is 2. The maximum atomic E-state index is 11.9. The third-order valence-electron chi connectivity index (χ3n) is 2.55. The summed E-state index contributed by atoms with van der Waals surface area (Å²) < 4.78 is 28.1. The van der Waals surface area contributed by atoms with E-state index in [1.807, 2.05) is 0 Å². The predicted octanol–water partition coefficient (Wildman–Crippen LogP) is 1.81. The van der Waals surface area contributed by atoms with Crippen molar-refractivity contribution in [3.8, 4) is 5.75 Å². The van der Waals surface area contributed by atoms with Gasteiger partial charge in [-0.1, -0.05) is 19.1 Å². The van der Waals surface area contributed by atoms with Gasteiger partial charge in [-0.25, -0.2) is 4.79 Å². The molecule has 0 fully saturated rings. The lowest BCUT2D eigenvalue weighted by Gasteiger charge is -2.12. The normalized spacial score (nSPS) is 12.0. The minimum Gasteiger partial charge on any atom is -0.480 e. The van der Waals surface area contributed by atoms with Gasteiger partial charge in [0.05, 0.1) is 6.42 Å². The van der Waals surface area contributed by atoms with Gasteiger partial charge in [0.25, 0.3) is 0 Å². The van der Waals surface area contributed by atoms with Gasteiger partial charge in [-0.3, -0.25) is 4.79 Å². The summed E-state index contributed by atoms with van der Waals surface area (Å²) in [4.78, 5) is 22.4. The average Bonchev–Trinajstić information content (AvgIpc) is 2.37. The van der Waals surface area contributed by atoms with Crippen LogP contribution in [0, 0.1) is 0 Å². The summed E-state index contributed by atoms with van der Waals surface area (Å²) in [6, 6.07) is 4.66. The van der Waals surface area contributed by atoms with Crippen LogP contribution >= 0.6 is 0 Å². The minimum atomic E-state index is -2.90. The number of benzene rings is 1. The number of halogens is 2. The van der Waals surface area contributed by atoms with E-state index in [9.17, 15) is 18.4 Å². The van der Waals surface area contributed by atoms with Crippen molar-refractivity contribution < 1.29 is 28.2 Å². The van der Waals surface area contributed by atoms with Gasteiger partial charge in [-0.15, -0.1) is 0 Å². The lowest BCUT2D eigenvalue weighted by molar-refractivity contribution is -0.141. The molecule has 110 valence electrons. The van der Waals surface area contributed by atoms with Crippen LogP contribution in [0.2, 0.25) is 0 Å². The molecule has 1 aromatic carbocycles. The maximum absolute atomic E-state index is 11.9. The zero-order chi connectivity index (χ0) is 15.1. The standard InChI is InChI=1S/C13H15F2NO4/c1-2-10(12(18)19)16-11(17)7-8-3-5-9(6-4-8)20-13(14)15/h3-6,10,13H,2,7H2,1H3,(H,16,17)(H,18,19)/t10-/m1/s1. The molecular weight excluding hydrogens is 272 g/mol. The first-order valence-electron chi connectivity index (χ1n) is 5.98. The number of carboxylic acids is 1. The van der Waals surface area contributed by atoms with Gasteiger partial charge in [-0.05, 0) is 24.1 Å². The molecule has 1 amide bonds. The molecule has 1 aromatic rings. The molecule has 0 spiro atoms. The summed E-state index contributed by atoms with van der Waals surface area (Å²) in [5.41, 5.74) is 0.573. The molecule has 1 rings (SSSR count). The molecule has 20 heavy (non-hydrogen) atoms. The fourth-order valence-electron chi connectivity index (χ4n) is 1.56. The van der Waals surface area contributed by atoms with Gasteiger partial charge in [0.1, 0.15) is 11.8 Å². The lowest BCUT2D eigenvalue weighted by Crippen LogP contribution is -2.40. The Morgan fingerprint density at radius 3 is 2.35 bits per heavy atom. The molecule has 0 unspecified atom stereocenters. The molecule has 0 saturated carbocycles. The van der Waals surface area contributed by atoms with Crippen LogP contribution in [-0.2, 0) is 16.0 Å². The Morgan fingerprint density at radius 2 is 1.90 bits per heavy atom. The maximum Gasteiger partial charge on any atom is 0.387 e. The molecule has 5 nitrogen and oxygen atoms in total. The van der Waals surface area contributed by atoms with Crippen LogP contribution in [0.4, 0.5) is 8.78 Å². The highest BCUT2D eigenvalue weighted by Gasteiger charge is 2.17. The summed E-state index contributed by atoms with van der Waals surface area (Å²) in [5, 5.41) is 11.2. The number of aliphatic carboxylic acids is 1. The highest BCUT2D eigenvalue weighted by molar-refractivity contribution is 5.84. The molecule has 7 heteroatoms. The van der Waals surface area contributed by atoms with Crippen LogP contribution < -0.4 is 10.1 Å². The number of hydrogen-bond acceptors (Lipinski definition) is 3. The van der Waals surface area contributed by atoms with Crippen LogP contribution in [0.5, 0.6) is 5.75 Å². The Hall–Kier alpha value is -2.18.